The molecule has 0 aliphatic rings. The Bertz CT molecular complexity index is 507. The maximum absolute atomic E-state index is 12.6. The Morgan fingerprint density at radius 1 is 1.27 bits per heavy atom. The van der Waals surface area contributed by atoms with E-state index in [0.717, 1.165) is 18.7 Å². The third-order valence-electron chi connectivity index (χ3n) is 2.84. The number of amides is 1. The topological polar surface area (TPSA) is 44.4 Å². The number of rotatable bonds is 7. The number of alkyl halides is 3. The Kier molecular flexibility index (Phi) is 6.96. The monoisotopic (exact) mass is 337 g/mol. The minimum absolute atomic E-state index is 0.153. The SMILES string of the molecule is CN(C)CCNC(=O)CCNc1cc(C(F)(F)F)ccc1Cl. The number of halogens is 4. The van der Waals surface area contributed by atoms with Crippen LogP contribution in [0.3, 0.4) is 0 Å². The lowest BCUT2D eigenvalue weighted by atomic mass is 10.2. The van der Waals surface area contributed by atoms with Crippen LogP contribution in [0.5, 0.6) is 0 Å². The molecule has 1 aromatic carbocycles. The predicted molar refractivity (Wildman–Crippen MR) is 81.1 cm³/mol. The highest BCUT2D eigenvalue weighted by molar-refractivity contribution is 6.33. The van der Waals surface area contributed by atoms with Crippen LogP contribution in [-0.2, 0) is 11.0 Å². The molecular weight excluding hydrogens is 319 g/mol. The summed E-state index contributed by atoms with van der Waals surface area (Å²) < 4.78 is 37.8. The molecular formula is C14H19ClF3N3O. The van der Waals surface area contributed by atoms with Gasteiger partial charge in [-0.1, -0.05) is 11.6 Å². The first-order valence-electron chi connectivity index (χ1n) is 6.72. The van der Waals surface area contributed by atoms with Gasteiger partial charge in [-0.05, 0) is 32.3 Å². The summed E-state index contributed by atoms with van der Waals surface area (Å²) in [5.74, 6) is -0.169. The van der Waals surface area contributed by atoms with Crippen LogP contribution in [0.1, 0.15) is 12.0 Å². The fourth-order valence-electron chi connectivity index (χ4n) is 1.66. The highest BCUT2D eigenvalue weighted by Crippen LogP contribution is 2.33. The summed E-state index contributed by atoms with van der Waals surface area (Å²) in [5.41, 5.74) is -0.618. The van der Waals surface area contributed by atoms with E-state index in [-0.39, 0.29) is 29.6 Å². The molecule has 0 aromatic heterocycles. The van der Waals surface area contributed by atoms with E-state index in [0.29, 0.717) is 6.54 Å². The molecule has 2 N–H and O–H groups in total. The quantitative estimate of drug-likeness (QED) is 0.804. The number of benzene rings is 1. The van der Waals surface area contributed by atoms with E-state index >= 15 is 0 Å². The highest BCUT2D eigenvalue weighted by Gasteiger charge is 2.30. The molecule has 0 spiro atoms. The van der Waals surface area contributed by atoms with E-state index in [9.17, 15) is 18.0 Å². The highest BCUT2D eigenvalue weighted by atomic mass is 35.5. The maximum Gasteiger partial charge on any atom is 0.416 e. The lowest BCUT2D eigenvalue weighted by molar-refractivity contribution is -0.137. The van der Waals surface area contributed by atoms with Crippen molar-refractivity contribution in [3.05, 3.63) is 28.8 Å². The van der Waals surface area contributed by atoms with Gasteiger partial charge < -0.3 is 15.5 Å². The van der Waals surface area contributed by atoms with Crippen LogP contribution in [0.4, 0.5) is 18.9 Å². The Morgan fingerprint density at radius 2 is 1.95 bits per heavy atom. The van der Waals surface area contributed by atoms with E-state index in [1.54, 1.807) is 0 Å². The van der Waals surface area contributed by atoms with Crippen molar-refractivity contribution >= 4 is 23.2 Å². The molecule has 0 saturated carbocycles. The molecule has 0 aliphatic carbocycles. The second kappa shape index (κ2) is 8.24. The van der Waals surface area contributed by atoms with Crippen molar-refractivity contribution in [2.24, 2.45) is 0 Å². The van der Waals surface area contributed by atoms with E-state index in [2.05, 4.69) is 10.6 Å². The molecule has 0 fully saturated rings. The fourth-order valence-corrected chi connectivity index (χ4v) is 1.84. The van der Waals surface area contributed by atoms with E-state index in [4.69, 9.17) is 11.6 Å². The summed E-state index contributed by atoms with van der Waals surface area (Å²) >= 11 is 5.84. The molecule has 8 heteroatoms. The smallest absolute Gasteiger partial charge is 0.383 e. The van der Waals surface area contributed by atoms with Crippen LogP contribution in [0.15, 0.2) is 18.2 Å². The van der Waals surface area contributed by atoms with Gasteiger partial charge in [0, 0.05) is 26.1 Å². The van der Waals surface area contributed by atoms with Crippen LogP contribution in [0, 0.1) is 0 Å². The second-order valence-corrected chi connectivity index (χ2v) is 5.43. The number of anilines is 1. The predicted octanol–water partition coefficient (Wildman–Crippen LogP) is 2.84. The standard InChI is InChI=1S/C14H19ClF3N3O/c1-21(2)8-7-20-13(22)5-6-19-12-9-10(14(16,17)18)3-4-11(12)15/h3-4,9,19H,5-8H2,1-2H3,(H,20,22). The van der Waals surface area contributed by atoms with Crippen molar-refractivity contribution in [1.29, 1.82) is 0 Å². The number of carbonyl (C=O) groups excluding carboxylic acids is 1. The van der Waals surface area contributed by atoms with Crippen LogP contribution in [0.25, 0.3) is 0 Å². The lowest BCUT2D eigenvalue weighted by Crippen LogP contribution is -2.32. The molecule has 1 aromatic rings. The Balaban J connectivity index is 2.46. The first kappa shape index (κ1) is 18.6. The van der Waals surface area contributed by atoms with E-state index < -0.39 is 11.7 Å². The molecule has 1 rings (SSSR count). The molecule has 1 amide bonds. The lowest BCUT2D eigenvalue weighted by Gasteiger charge is -2.13. The largest absolute Gasteiger partial charge is 0.416 e. The molecule has 0 saturated heterocycles. The molecule has 124 valence electrons. The van der Waals surface area contributed by atoms with E-state index in [1.165, 1.54) is 6.07 Å². The normalized spacial score (nSPS) is 11.6. The van der Waals surface area contributed by atoms with Gasteiger partial charge >= 0.3 is 6.18 Å². The molecule has 0 bridgehead atoms. The molecule has 0 heterocycles. The van der Waals surface area contributed by atoms with Gasteiger partial charge in [0.25, 0.3) is 0 Å². The maximum atomic E-state index is 12.6. The molecule has 0 atom stereocenters. The van der Waals surface area contributed by atoms with Crippen LogP contribution >= 0.6 is 11.6 Å². The van der Waals surface area contributed by atoms with Crippen molar-refractivity contribution in [2.75, 3.05) is 39.0 Å². The zero-order chi connectivity index (χ0) is 16.8. The minimum atomic E-state index is -4.43. The number of hydrogen-bond donors (Lipinski definition) is 2. The summed E-state index contributed by atoms with van der Waals surface area (Å²) in [5, 5.41) is 5.65. The number of hydrogen-bond acceptors (Lipinski definition) is 3. The average molecular weight is 338 g/mol. The van der Waals surface area contributed by atoms with Gasteiger partial charge in [0.2, 0.25) is 5.91 Å². The summed E-state index contributed by atoms with van der Waals surface area (Å²) in [6.45, 7) is 1.45. The van der Waals surface area contributed by atoms with Crippen molar-refractivity contribution < 1.29 is 18.0 Å². The van der Waals surface area contributed by atoms with Crippen molar-refractivity contribution in [3.63, 3.8) is 0 Å². The first-order chi connectivity index (χ1) is 10.2. The number of carbonyl (C=O) groups is 1. The van der Waals surface area contributed by atoms with Gasteiger partial charge in [-0.3, -0.25) is 4.79 Å². The molecule has 0 unspecified atom stereocenters. The van der Waals surface area contributed by atoms with Gasteiger partial charge in [0.05, 0.1) is 16.3 Å². The number of nitrogens with one attached hydrogen (secondary N) is 2. The molecule has 4 nitrogen and oxygen atoms in total. The van der Waals surface area contributed by atoms with Crippen LogP contribution in [-0.4, -0.2) is 44.5 Å². The van der Waals surface area contributed by atoms with Gasteiger partial charge in [-0.15, -0.1) is 0 Å². The van der Waals surface area contributed by atoms with Crippen molar-refractivity contribution in [3.8, 4) is 0 Å². The zero-order valence-electron chi connectivity index (χ0n) is 12.4. The average Bonchev–Trinajstić information content (AvgIpc) is 2.39. The van der Waals surface area contributed by atoms with Gasteiger partial charge in [-0.2, -0.15) is 13.2 Å². The third-order valence-corrected chi connectivity index (χ3v) is 3.17. The second-order valence-electron chi connectivity index (χ2n) is 5.02. The summed E-state index contributed by atoms with van der Waals surface area (Å²) in [4.78, 5) is 13.5. The molecule has 0 radical (unpaired) electrons. The fraction of sp³-hybridized carbons (Fsp3) is 0.500. The third kappa shape index (κ3) is 6.53. The van der Waals surface area contributed by atoms with Crippen LogP contribution < -0.4 is 10.6 Å². The minimum Gasteiger partial charge on any atom is -0.383 e. The Labute approximate surface area is 132 Å². The van der Waals surface area contributed by atoms with Crippen molar-refractivity contribution in [2.45, 2.75) is 12.6 Å². The summed E-state index contributed by atoms with van der Waals surface area (Å²) in [6, 6.07) is 3.04. The van der Waals surface area contributed by atoms with Gasteiger partial charge in [0.1, 0.15) is 0 Å². The van der Waals surface area contributed by atoms with E-state index in [1.807, 2.05) is 19.0 Å². The molecule has 0 aliphatic heterocycles. The van der Waals surface area contributed by atoms with Crippen LogP contribution in [0.2, 0.25) is 5.02 Å². The molecule has 22 heavy (non-hydrogen) atoms. The first-order valence-corrected chi connectivity index (χ1v) is 7.10. The van der Waals surface area contributed by atoms with Gasteiger partial charge in [-0.25, -0.2) is 0 Å². The number of likely N-dealkylation sites (N-methyl/N-ethyl adjacent to an activating group) is 1. The Hall–Kier alpha value is -1.47. The van der Waals surface area contributed by atoms with Gasteiger partial charge in [0.15, 0.2) is 0 Å². The number of nitrogens with zero attached hydrogens (tertiary/aromatic N) is 1. The Morgan fingerprint density at radius 3 is 2.55 bits per heavy atom. The summed E-state index contributed by atoms with van der Waals surface area (Å²) in [7, 11) is 3.78. The summed E-state index contributed by atoms with van der Waals surface area (Å²) in [6.07, 6.45) is -4.27. The zero-order valence-corrected chi connectivity index (χ0v) is 13.2. The van der Waals surface area contributed by atoms with Crippen molar-refractivity contribution in [1.82, 2.24) is 10.2 Å².